The molecule has 0 saturated heterocycles. The van der Waals surface area contributed by atoms with Crippen LogP contribution >= 0.6 is 11.3 Å². The average Bonchev–Trinajstić information content (AvgIpc) is 3.19. The van der Waals surface area contributed by atoms with E-state index in [-0.39, 0.29) is 6.79 Å². The van der Waals surface area contributed by atoms with Crippen LogP contribution in [0.1, 0.15) is 17.1 Å². The number of aromatic nitrogens is 1. The Hall–Kier alpha value is -2.48. The van der Waals surface area contributed by atoms with Gasteiger partial charge in [-0.05, 0) is 19.1 Å². The van der Waals surface area contributed by atoms with Gasteiger partial charge in [-0.2, -0.15) is 0 Å². The van der Waals surface area contributed by atoms with Gasteiger partial charge in [-0.3, -0.25) is 0 Å². The van der Waals surface area contributed by atoms with Gasteiger partial charge in [-0.25, -0.2) is 4.98 Å². The number of ether oxygens (including phenoxy) is 3. The van der Waals surface area contributed by atoms with Crippen LogP contribution in [0.25, 0.3) is 0 Å². The van der Waals surface area contributed by atoms with Crippen molar-refractivity contribution in [3.05, 3.63) is 34.3 Å². The molecule has 2 heterocycles. The Morgan fingerprint density at radius 3 is 3.04 bits per heavy atom. The molecule has 0 aliphatic carbocycles. The highest BCUT2D eigenvalue weighted by Crippen LogP contribution is 2.35. The highest BCUT2D eigenvalue weighted by atomic mass is 32.1. The molecule has 2 N–H and O–H groups in total. The fourth-order valence-electron chi connectivity index (χ4n) is 2.12. The van der Waals surface area contributed by atoms with Crippen molar-refractivity contribution < 1.29 is 19.0 Å². The first-order valence-corrected chi connectivity index (χ1v) is 8.46. The summed E-state index contributed by atoms with van der Waals surface area (Å²) in [4.78, 5) is 9.53. The largest absolute Gasteiger partial charge is 0.493 e. The Labute approximate surface area is 144 Å². The maximum atomic E-state index is 5.81. The summed E-state index contributed by atoms with van der Waals surface area (Å²) in [6, 6.07) is 5.49. The van der Waals surface area contributed by atoms with E-state index >= 15 is 0 Å². The van der Waals surface area contributed by atoms with E-state index in [0.717, 1.165) is 22.2 Å². The lowest BCUT2D eigenvalue weighted by atomic mass is 10.3. The number of nitrogens with two attached hydrogens (primary N) is 1. The molecule has 24 heavy (non-hydrogen) atoms. The third-order valence-electron chi connectivity index (χ3n) is 3.20. The molecular formula is C16H19N3O4S. The van der Waals surface area contributed by atoms with Crippen LogP contribution in [-0.2, 0) is 11.3 Å². The number of fused-ring (bicyclic) bond motifs is 1. The zero-order valence-corrected chi connectivity index (χ0v) is 14.2. The number of benzene rings is 1. The molecule has 0 spiro atoms. The lowest BCUT2D eigenvalue weighted by molar-refractivity contribution is 0.127. The molecule has 0 fully saturated rings. The van der Waals surface area contributed by atoms with E-state index in [0.29, 0.717) is 37.6 Å². The number of hydrogen-bond acceptors (Lipinski definition) is 7. The number of thiazole rings is 1. The van der Waals surface area contributed by atoms with Crippen molar-refractivity contribution >= 4 is 17.2 Å². The van der Waals surface area contributed by atoms with Gasteiger partial charge in [0.05, 0.1) is 23.7 Å². The molecule has 0 bridgehead atoms. The fourth-order valence-corrected chi connectivity index (χ4v) is 2.73. The lowest BCUT2D eigenvalue weighted by Crippen LogP contribution is -2.16. The van der Waals surface area contributed by atoms with Gasteiger partial charge in [0.1, 0.15) is 18.2 Å². The van der Waals surface area contributed by atoms with Gasteiger partial charge in [0.25, 0.3) is 0 Å². The van der Waals surface area contributed by atoms with E-state index in [9.17, 15) is 0 Å². The van der Waals surface area contributed by atoms with Crippen molar-refractivity contribution in [2.45, 2.75) is 19.8 Å². The topological polar surface area (TPSA) is 88.2 Å². The predicted molar refractivity (Wildman–Crippen MR) is 90.8 cm³/mol. The first-order valence-electron chi connectivity index (χ1n) is 7.58. The summed E-state index contributed by atoms with van der Waals surface area (Å²) in [5.41, 5.74) is 6.72. The highest BCUT2D eigenvalue weighted by molar-refractivity contribution is 7.09. The van der Waals surface area contributed by atoms with E-state index in [1.165, 1.54) is 0 Å². The van der Waals surface area contributed by atoms with E-state index in [2.05, 4.69) is 10.1 Å². The quantitative estimate of drug-likeness (QED) is 0.341. The molecule has 0 radical (unpaired) electrons. The van der Waals surface area contributed by atoms with Crippen LogP contribution in [0.3, 0.4) is 0 Å². The zero-order valence-electron chi connectivity index (χ0n) is 13.4. The standard InChI is InChI=1S/C16H19N3O4S/c1-11-18-12(9-24-11)7-16(17)19-23-6-2-5-20-13-3-4-14-15(8-13)22-10-21-14/h3-4,8-9H,2,5-7,10H2,1H3,(H2,17,19). The maximum Gasteiger partial charge on any atom is 0.231 e. The fraction of sp³-hybridized carbons (Fsp3) is 0.375. The second kappa shape index (κ2) is 7.87. The molecule has 0 unspecified atom stereocenters. The summed E-state index contributed by atoms with van der Waals surface area (Å²) in [5, 5.41) is 6.87. The van der Waals surface area contributed by atoms with Gasteiger partial charge in [-0.15, -0.1) is 11.3 Å². The molecule has 2 aromatic rings. The molecule has 0 amide bonds. The number of amidine groups is 1. The zero-order chi connectivity index (χ0) is 16.8. The van der Waals surface area contributed by atoms with Crippen LogP contribution in [0.5, 0.6) is 17.2 Å². The minimum atomic E-state index is 0.256. The van der Waals surface area contributed by atoms with Crippen LogP contribution in [0.15, 0.2) is 28.7 Å². The SMILES string of the molecule is Cc1nc(C/C(N)=N/OCCCOc2ccc3c(c2)OCO3)cs1. The molecular weight excluding hydrogens is 330 g/mol. The Balaban J connectivity index is 1.33. The van der Waals surface area contributed by atoms with Crippen molar-refractivity contribution in [2.24, 2.45) is 10.9 Å². The van der Waals surface area contributed by atoms with Crippen LogP contribution in [0.4, 0.5) is 0 Å². The Bertz CT molecular complexity index is 717. The van der Waals surface area contributed by atoms with E-state index in [4.69, 9.17) is 24.8 Å². The molecule has 7 nitrogen and oxygen atoms in total. The van der Waals surface area contributed by atoms with Crippen LogP contribution < -0.4 is 19.9 Å². The molecule has 8 heteroatoms. The molecule has 3 rings (SSSR count). The molecule has 1 aromatic heterocycles. The molecule has 0 saturated carbocycles. The minimum absolute atomic E-state index is 0.256. The van der Waals surface area contributed by atoms with Crippen LogP contribution in [0.2, 0.25) is 0 Å². The van der Waals surface area contributed by atoms with Crippen LogP contribution in [-0.4, -0.2) is 30.8 Å². The van der Waals surface area contributed by atoms with Crippen molar-refractivity contribution in [3.8, 4) is 17.2 Å². The third kappa shape index (κ3) is 4.51. The Morgan fingerprint density at radius 1 is 1.33 bits per heavy atom. The Kier molecular flexibility index (Phi) is 5.37. The summed E-state index contributed by atoms with van der Waals surface area (Å²) in [6.07, 6.45) is 1.19. The van der Waals surface area contributed by atoms with Gasteiger partial charge in [0, 0.05) is 17.9 Å². The first kappa shape index (κ1) is 16.4. The third-order valence-corrected chi connectivity index (χ3v) is 4.03. The summed E-state index contributed by atoms with van der Waals surface area (Å²) in [5.74, 6) is 2.60. The first-order chi connectivity index (χ1) is 11.7. The summed E-state index contributed by atoms with van der Waals surface area (Å²) < 4.78 is 16.2. The van der Waals surface area contributed by atoms with Crippen molar-refractivity contribution in [2.75, 3.05) is 20.0 Å². The number of oxime groups is 1. The maximum absolute atomic E-state index is 5.81. The average molecular weight is 349 g/mol. The molecule has 1 aliphatic rings. The molecule has 1 aliphatic heterocycles. The van der Waals surface area contributed by atoms with Crippen molar-refractivity contribution in [3.63, 3.8) is 0 Å². The van der Waals surface area contributed by atoms with Gasteiger partial charge in [0.15, 0.2) is 11.5 Å². The van der Waals surface area contributed by atoms with Gasteiger partial charge >= 0.3 is 0 Å². The second-order valence-corrected chi connectivity index (χ2v) is 6.23. The minimum Gasteiger partial charge on any atom is -0.493 e. The van der Waals surface area contributed by atoms with Gasteiger partial charge in [-0.1, -0.05) is 5.16 Å². The molecule has 128 valence electrons. The predicted octanol–water partition coefficient (Wildman–Crippen LogP) is 2.48. The van der Waals surface area contributed by atoms with Crippen molar-refractivity contribution in [1.82, 2.24) is 4.98 Å². The summed E-state index contributed by atoms with van der Waals surface area (Å²) in [7, 11) is 0. The normalized spacial score (nSPS) is 13.1. The number of hydrogen-bond donors (Lipinski definition) is 1. The highest BCUT2D eigenvalue weighted by Gasteiger charge is 2.13. The summed E-state index contributed by atoms with van der Waals surface area (Å²) in [6.45, 7) is 3.16. The van der Waals surface area contributed by atoms with E-state index in [1.807, 2.05) is 30.5 Å². The van der Waals surface area contributed by atoms with Crippen molar-refractivity contribution in [1.29, 1.82) is 0 Å². The van der Waals surface area contributed by atoms with Gasteiger partial charge in [0.2, 0.25) is 6.79 Å². The molecule has 1 aromatic carbocycles. The number of rotatable bonds is 8. The number of aryl methyl sites for hydroxylation is 1. The van der Waals surface area contributed by atoms with E-state index < -0.39 is 0 Å². The monoisotopic (exact) mass is 349 g/mol. The molecule has 0 atom stereocenters. The smallest absolute Gasteiger partial charge is 0.231 e. The van der Waals surface area contributed by atoms with Gasteiger partial charge < -0.3 is 24.8 Å². The summed E-state index contributed by atoms with van der Waals surface area (Å²) >= 11 is 1.59. The van der Waals surface area contributed by atoms with E-state index in [1.54, 1.807) is 11.3 Å². The Morgan fingerprint density at radius 2 is 2.21 bits per heavy atom. The second-order valence-electron chi connectivity index (χ2n) is 5.17. The van der Waals surface area contributed by atoms with Crippen LogP contribution in [0, 0.1) is 6.92 Å². The lowest BCUT2D eigenvalue weighted by Gasteiger charge is -2.06. The number of nitrogens with zero attached hydrogens (tertiary/aromatic N) is 2.